The first-order chi connectivity index (χ1) is 9.88. The summed E-state index contributed by atoms with van der Waals surface area (Å²) in [6.45, 7) is 6.69. The molecule has 3 unspecified atom stereocenters. The number of nitrogens with one attached hydrogen (secondary N) is 1. The van der Waals surface area contributed by atoms with Gasteiger partial charge in [0.25, 0.3) is 0 Å². The molecule has 0 spiro atoms. The fourth-order valence-electron chi connectivity index (χ4n) is 3.93. The lowest BCUT2D eigenvalue weighted by atomic mass is 9.92. The smallest absolute Gasteiger partial charge is 0.150 e. The van der Waals surface area contributed by atoms with Crippen LogP contribution < -0.4 is 5.32 Å². The molecule has 21 heavy (non-hydrogen) atoms. The third kappa shape index (κ3) is 4.93. The number of piperidine rings is 1. The summed E-state index contributed by atoms with van der Waals surface area (Å²) in [6.07, 6.45) is 9.14. The van der Waals surface area contributed by atoms with E-state index in [-0.39, 0.29) is 5.25 Å². The molecule has 0 amide bonds. The van der Waals surface area contributed by atoms with Crippen molar-refractivity contribution in [3.05, 3.63) is 0 Å². The van der Waals surface area contributed by atoms with Crippen LogP contribution in [-0.2, 0) is 9.84 Å². The molecule has 1 saturated carbocycles. The highest BCUT2D eigenvalue weighted by Gasteiger charge is 2.33. The van der Waals surface area contributed by atoms with Gasteiger partial charge in [0.1, 0.15) is 9.84 Å². The molecule has 1 aliphatic heterocycles. The first-order valence-electron chi connectivity index (χ1n) is 8.56. The van der Waals surface area contributed by atoms with Crippen molar-refractivity contribution < 1.29 is 8.42 Å². The summed E-state index contributed by atoms with van der Waals surface area (Å²) >= 11 is 0. The number of rotatable bonds is 5. The summed E-state index contributed by atoms with van der Waals surface area (Å²) in [6, 6.07) is 1.50. The van der Waals surface area contributed by atoms with Gasteiger partial charge in [0.05, 0.1) is 5.25 Å². The fourth-order valence-corrected chi connectivity index (χ4v) is 5.09. The Hall–Kier alpha value is -0.130. The third-order valence-corrected chi connectivity index (χ3v) is 6.82. The summed E-state index contributed by atoms with van der Waals surface area (Å²) in [4.78, 5) is 2.56. The van der Waals surface area contributed by atoms with Crippen molar-refractivity contribution >= 4 is 9.84 Å². The Kier molecular flexibility index (Phi) is 6.09. The zero-order valence-corrected chi connectivity index (χ0v) is 14.7. The van der Waals surface area contributed by atoms with E-state index in [4.69, 9.17) is 0 Å². The Morgan fingerprint density at radius 2 is 1.90 bits per heavy atom. The topological polar surface area (TPSA) is 49.4 Å². The standard InChI is InChI=1S/C16H32N2O2S/c1-13(2)18(12-14-7-4-5-10-17-14)15-8-6-9-16(11-15)21(3,19)20/h13-17H,4-12H2,1-3H3. The van der Waals surface area contributed by atoms with E-state index in [9.17, 15) is 8.42 Å². The van der Waals surface area contributed by atoms with Crippen LogP contribution in [0.4, 0.5) is 0 Å². The molecule has 2 aliphatic rings. The van der Waals surface area contributed by atoms with E-state index in [1.807, 2.05) is 0 Å². The Morgan fingerprint density at radius 1 is 1.14 bits per heavy atom. The number of sulfone groups is 1. The summed E-state index contributed by atoms with van der Waals surface area (Å²) in [5.41, 5.74) is 0. The van der Waals surface area contributed by atoms with Crippen molar-refractivity contribution in [2.75, 3.05) is 19.3 Å². The highest BCUT2D eigenvalue weighted by atomic mass is 32.2. The van der Waals surface area contributed by atoms with Crippen molar-refractivity contribution in [3.8, 4) is 0 Å². The molecule has 0 radical (unpaired) electrons. The Morgan fingerprint density at radius 3 is 2.48 bits per heavy atom. The molecule has 0 aromatic heterocycles. The summed E-state index contributed by atoms with van der Waals surface area (Å²) < 4.78 is 23.8. The maximum Gasteiger partial charge on any atom is 0.150 e. The van der Waals surface area contributed by atoms with Crippen LogP contribution >= 0.6 is 0 Å². The Balaban J connectivity index is 1.99. The predicted molar refractivity (Wildman–Crippen MR) is 88.4 cm³/mol. The molecule has 2 rings (SSSR count). The van der Waals surface area contributed by atoms with Crippen LogP contribution in [0.25, 0.3) is 0 Å². The van der Waals surface area contributed by atoms with Gasteiger partial charge in [-0.3, -0.25) is 4.90 Å². The molecule has 1 heterocycles. The molecule has 2 fully saturated rings. The van der Waals surface area contributed by atoms with Gasteiger partial charge in [0, 0.05) is 30.9 Å². The van der Waals surface area contributed by atoms with Crippen LogP contribution in [0.1, 0.15) is 58.8 Å². The second-order valence-electron chi connectivity index (χ2n) is 7.21. The summed E-state index contributed by atoms with van der Waals surface area (Å²) in [5, 5.41) is 3.50. The quantitative estimate of drug-likeness (QED) is 0.845. The lowest BCUT2D eigenvalue weighted by Gasteiger charge is -2.42. The minimum absolute atomic E-state index is 0.128. The van der Waals surface area contributed by atoms with Gasteiger partial charge in [-0.15, -0.1) is 0 Å². The first kappa shape index (κ1) is 17.2. The SMILES string of the molecule is CC(C)N(CC1CCCCN1)C1CCCC(S(C)(=O)=O)C1. The van der Waals surface area contributed by atoms with Gasteiger partial charge in [0.15, 0.2) is 0 Å². The van der Waals surface area contributed by atoms with Crippen LogP contribution in [0, 0.1) is 0 Å². The molecule has 4 nitrogen and oxygen atoms in total. The fraction of sp³-hybridized carbons (Fsp3) is 1.00. The number of nitrogens with zero attached hydrogens (tertiary/aromatic N) is 1. The third-order valence-electron chi connectivity index (χ3n) is 5.18. The van der Waals surface area contributed by atoms with Gasteiger partial charge in [0.2, 0.25) is 0 Å². The summed E-state index contributed by atoms with van der Waals surface area (Å²) in [7, 11) is -2.89. The Labute approximate surface area is 130 Å². The predicted octanol–water partition coefficient (Wildman–Crippen LogP) is 2.19. The normalized spacial score (nSPS) is 31.8. The van der Waals surface area contributed by atoms with Crippen molar-refractivity contribution in [3.63, 3.8) is 0 Å². The van der Waals surface area contributed by atoms with Crippen LogP contribution in [0.15, 0.2) is 0 Å². The van der Waals surface area contributed by atoms with E-state index in [1.165, 1.54) is 25.5 Å². The molecule has 124 valence electrons. The van der Waals surface area contributed by atoms with Crippen LogP contribution in [0.2, 0.25) is 0 Å². The average Bonchev–Trinajstić information content (AvgIpc) is 2.45. The molecule has 5 heteroatoms. The van der Waals surface area contributed by atoms with E-state index in [0.717, 1.165) is 38.8 Å². The molecule has 0 aromatic rings. The van der Waals surface area contributed by atoms with Crippen molar-refractivity contribution in [1.82, 2.24) is 10.2 Å². The molecule has 1 aliphatic carbocycles. The van der Waals surface area contributed by atoms with E-state index >= 15 is 0 Å². The van der Waals surface area contributed by atoms with Gasteiger partial charge >= 0.3 is 0 Å². The maximum atomic E-state index is 11.9. The van der Waals surface area contributed by atoms with Gasteiger partial charge in [-0.25, -0.2) is 8.42 Å². The van der Waals surface area contributed by atoms with E-state index < -0.39 is 9.84 Å². The van der Waals surface area contributed by atoms with Crippen molar-refractivity contribution in [2.24, 2.45) is 0 Å². The lowest BCUT2D eigenvalue weighted by molar-refractivity contribution is 0.103. The minimum atomic E-state index is -2.89. The molecular weight excluding hydrogens is 284 g/mol. The molecular formula is C16H32N2O2S. The molecule has 3 atom stereocenters. The van der Waals surface area contributed by atoms with E-state index in [2.05, 4.69) is 24.1 Å². The van der Waals surface area contributed by atoms with Crippen LogP contribution in [-0.4, -0.2) is 56.0 Å². The second-order valence-corrected chi connectivity index (χ2v) is 9.54. The zero-order chi connectivity index (χ0) is 15.5. The van der Waals surface area contributed by atoms with E-state index in [1.54, 1.807) is 0 Å². The van der Waals surface area contributed by atoms with E-state index in [0.29, 0.717) is 18.1 Å². The number of hydrogen-bond donors (Lipinski definition) is 1. The summed E-state index contributed by atoms with van der Waals surface area (Å²) in [5.74, 6) is 0. The van der Waals surface area contributed by atoms with Gasteiger partial charge in [-0.05, 0) is 52.5 Å². The maximum absolute atomic E-state index is 11.9. The van der Waals surface area contributed by atoms with Gasteiger partial charge in [-0.2, -0.15) is 0 Å². The largest absolute Gasteiger partial charge is 0.313 e. The average molecular weight is 317 g/mol. The minimum Gasteiger partial charge on any atom is -0.313 e. The monoisotopic (exact) mass is 316 g/mol. The first-order valence-corrected chi connectivity index (χ1v) is 10.5. The van der Waals surface area contributed by atoms with Gasteiger partial charge < -0.3 is 5.32 Å². The lowest BCUT2D eigenvalue weighted by Crippen LogP contribution is -2.51. The van der Waals surface area contributed by atoms with Crippen LogP contribution in [0.3, 0.4) is 0 Å². The van der Waals surface area contributed by atoms with Crippen molar-refractivity contribution in [1.29, 1.82) is 0 Å². The molecule has 1 N–H and O–H groups in total. The van der Waals surface area contributed by atoms with Crippen LogP contribution in [0.5, 0.6) is 0 Å². The molecule has 0 bridgehead atoms. The highest BCUT2D eigenvalue weighted by Crippen LogP contribution is 2.29. The molecule has 0 aromatic carbocycles. The Bertz CT molecular complexity index is 416. The second kappa shape index (κ2) is 7.42. The zero-order valence-electron chi connectivity index (χ0n) is 13.8. The molecule has 1 saturated heterocycles. The number of hydrogen-bond acceptors (Lipinski definition) is 4. The van der Waals surface area contributed by atoms with Gasteiger partial charge in [-0.1, -0.05) is 12.8 Å². The highest BCUT2D eigenvalue weighted by molar-refractivity contribution is 7.91. The van der Waals surface area contributed by atoms with Crippen molar-refractivity contribution in [2.45, 2.75) is 82.2 Å².